The van der Waals surface area contributed by atoms with Crippen molar-refractivity contribution in [3.05, 3.63) is 0 Å². The van der Waals surface area contributed by atoms with Crippen LogP contribution in [0, 0.1) is 5.41 Å². The molecule has 0 heterocycles. The van der Waals surface area contributed by atoms with Crippen LogP contribution in [0.15, 0.2) is 0 Å². The third kappa shape index (κ3) is 4.50. The van der Waals surface area contributed by atoms with Gasteiger partial charge in [-0.2, -0.15) is 0 Å². The first kappa shape index (κ1) is 11.6. The van der Waals surface area contributed by atoms with Crippen LogP contribution in [-0.4, -0.2) is 19.4 Å². The van der Waals surface area contributed by atoms with Crippen molar-refractivity contribution in [3.63, 3.8) is 0 Å². The summed E-state index contributed by atoms with van der Waals surface area (Å²) in [4.78, 5) is 10.1. The van der Waals surface area contributed by atoms with Gasteiger partial charge in [-0.1, -0.05) is 27.2 Å². The molecule has 72 valence electrons. The predicted octanol–water partition coefficient (Wildman–Crippen LogP) is 1.99. The second-order valence-corrected chi connectivity index (χ2v) is 3.71. The van der Waals surface area contributed by atoms with E-state index in [4.69, 9.17) is 0 Å². The van der Waals surface area contributed by atoms with Crippen LogP contribution in [0.5, 0.6) is 0 Å². The van der Waals surface area contributed by atoms with E-state index in [1.165, 1.54) is 19.3 Å². The number of carbonyl (C=O) groups excluding carboxylic acids is 1. The van der Waals surface area contributed by atoms with Gasteiger partial charge in [-0.15, -0.1) is 0 Å². The molecule has 2 nitrogen and oxygen atoms in total. The number of hydrogen-bond donors (Lipinski definition) is 1. The Bertz CT molecular complexity index is 125. The number of rotatable bonds is 7. The Balaban J connectivity index is 3.70. The largest absolute Gasteiger partial charge is 0.310 e. The predicted molar refractivity (Wildman–Crippen MR) is 52.2 cm³/mol. The van der Waals surface area contributed by atoms with Crippen LogP contribution in [0.2, 0.25) is 0 Å². The quantitative estimate of drug-likeness (QED) is 0.469. The standard InChI is InChI=1S/C10H21NO/c1-4-6-10(3,5-2)9-11-7-8-12/h8,11H,4-7,9H2,1-3H3. The van der Waals surface area contributed by atoms with E-state index >= 15 is 0 Å². The summed E-state index contributed by atoms with van der Waals surface area (Å²) in [5.41, 5.74) is 0.373. The average molecular weight is 171 g/mol. The Morgan fingerprint density at radius 3 is 2.50 bits per heavy atom. The van der Waals surface area contributed by atoms with E-state index in [1.807, 2.05) is 0 Å². The van der Waals surface area contributed by atoms with Crippen molar-refractivity contribution in [1.29, 1.82) is 0 Å². The maximum atomic E-state index is 10.1. The normalized spacial score (nSPS) is 15.6. The van der Waals surface area contributed by atoms with Crippen molar-refractivity contribution < 1.29 is 4.79 Å². The van der Waals surface area contributed by atoms with Crippen molar-refractivity contribution in [2.24, 2.45) is 5.41 Å². The summed E-state index contributed by atoms with van der Waals surface area (Å²) < 4.78 is 0. The molecule has 0 aliphatic rings. The zero-order chi connectivity index (χ0) is 9.45. The highest BCUT2D eigenvalue weighted by molar-refractivity contribution is 5.51. The topological polar surface area (TPSA) is 29.1 Å². The van der Waals surface area contributed by atoms with Gasteiger partial charge in [-0.05, 0) is 18.3 Å². The van der Waals surface area contributed by atoms with Crippen LogP contribution in [0.1, 0.15) is 40.0 Å². The molecule has 0 aromatic rings. The van der Waals surface area contributed by atoms with Gasteiger partial charge in [0.25, 0.3) is 0 Å². The molecule has 0 amide bonds. The Morgan fingerprint density at radius 1 is 1.42 bits per heavy atom. The van der Waals surface area contributed by atoms with Crippen molar-refractivity contribution in [3.8, 4) is 0 Å². The minimum atomic E-state index is 0.373. The third-order valence-electron chi connectivity index (χ3n) is 2.49. The fourth-order valence-electron chi connectivity index (χ4n) is 1.43. The van der Waals surface area contributed by atoms with Gasteiger partial charge in [0, 0.05) is 6.54 Å². The van der Waals surface area contributed by atoms with Crippen LogP contribution < -0.4 is 5.32 Å². The van der Waals surface area contributed by atoms with Crippen LogP contribution in [-0.2, 0) is 4.79 Å². The van der Waals surface area contributed by atoms with E-state index in [9.17, 15) is 4.79 Å². The summed E-state index contributed by atoms with van der Waals surface area (Å²) in [7, 11) is 0. The van der Waals surface area contributed by atoms with Crippen molar-refractivity contribution in [2.75, 3.05) is 13.1 Å². The van der Waals surface area contributed by atoms with Crippen LogP contribution in [0.25, 0.3) is 0 Å². The minimum absolute atomic E-state index is 0.373. The highest BCUT2D eigenvalue weighted by atomic mass is 16.1. The smallest absolute Gasteiger partial charge is 0.133 e. The molecule has 0 aliphatic carbocycles. The lowest BCUT2D eigenvalue weighted by atomic mass is 9.83. The molecule has 0 saturated heterocycles. The summed E-state index contributed by atoms with van der Waals surface area (Å²) in [5, 5.41) is 3.14. The summed E-state index contributed by atoms with van der Waals surface area (Å²) in [6, 6.07) is 0. The van der Waals surface area contributed by atoms with Crippen molar-refractivity contribution in [1.82, 2.24) is 5.32 Å². The first-order valence-corrected chi connectivity index (χ1v) is 4.83. The molecule has 0 aliphatic heterocycles. The first-order chi connectivity index (χ1) is 5.68. The molecule has 1 unspecified atom stereocenters. The Hall–Kier alpha value is -0.370. The molecular formula is C10H21NO. The molecule has 1 atom stereocenters. The molecule has 0 rings (SSSR count). The zero-order valence-corrected chi connectivity index (χ0v) is 8.52. The lowest BCUT2D eigenvalue weighted by Crippen LogP contribution is -2.32. The lowest BCUT2D eigenvalue weighted by Gasteiger charge is -2.27. The Kier molecular flexibility index (Phi) is 5.99. The maximum Gasteiger partial charge on any atom is 0.133 e. The Morgan fingerprint density at radius 2 is 2.08 bits per heavy atom. The van der Waals surface area contributed by atoms with Crippen LogP contribution in [0.3, 0.4) is 0 Å². The molecule has 0 saturated carbocycles. The summed E-state index contributed by atoms with van der Waals surface area (Å²) in [6.45, 7) is 8.12. The van der Waals surface area contributed by atoms with E-state index in [2.05, 4.69) is 26.1 Å². The maximum absolute atomic E-state index is 10.1. The number of aldehydes is 1. The van der Waals surface area contributed by atoms with E-state index in [1.54, 1.807) is 0 Å². The molecule has 1 N–H and O–H groups in total. The van der Waals surface area contributed by atoms with Gasteiger partial charge in [-0.3, -0.25) is 0 Å². The molecule has 0 aromatic carbocycles. The second kappa shape index (κ2) is 6.18. The van der Waals surface area contributed by atoms with Gasteiger partial charge >= 0.3 is 0 Å². The Labute approximate surface area is 75.7 Å². The van der Waals surface area contributed by atoms with Crippen LogP contribution >= 0.6 is 0 Å². The second-order valence-electron chi connectivity index (χ2n) is 3.71. The number of hydrogen-bond acceptors (Lipinski definition) is 2. The molecule has 2 heteroatoms. The lowest BCUT2D eigenvalue weighted by molar-refractivity contribution is -0.107. The minimum Gasteiger partial charge on any atom is -0.310 e. The molecular weight excluding hydrogens is 150 g/mol. The highest BCUT2D eigenvalue weighted by Crippen LogP contribution is 2.25. The van der Waals surface area contributed by atoms with Gasteiger partial charge in [0.2, 0.25) is 0 Å². The SMILES string of the molecule is CCCC(C)(CC)CNCC=O. The summed E-state index contributed by atoms with van der Waals surface area (Å²) in [5.74, 6) is 0. The van der Waals surface area contributed by atoms with Gasteiger partial charge in [0.05, 0.1) is 6.54 Å². The molecule has 0 bridgehead atoms. The number of nitrogens with one attached hydrogen (secondary N) is 1. The average Bonchev–Trinajstić information content (AvgIpc) is 2.06. The van der Waals surface area contributed by atoms with Gasteiger partial charge in [0.15, 0.2) is 0 Å². The fraction of sp³-hybridized carbons (Fsp3) is 0.900. The van der Waals surface area contributed by atoms with E-state index in [0.29, 0.717) is 12.0 Å². The van der Waals surface area contributed by atoms with Gasteiger partial charge in [0.1, 0.15) is 6.29 Å². The van der Waals surface area contributed by atoms with Crippen LogP contribution in [0.4, 0.5) is 0 Å². The molecule has 0 radical (unpaired) electrons. The molecule has 0 spiro atoms. The zero-order valence-electron chi connectivity index (χ0n) is 8.52. The summed E-state index contributed by atoms with van der Waals surface area (Å²) in [6.07, 6.45) is 4.54. The molecule has 12 heavy (non-hydrogen) atoms. The van der Waals surface area contributed by atoms with Crippen molar-refractivity contribution in [2.45, 2.75) is 40.0 Å². The van der Waals surface area contributed by atoms with E-state index < -0.39 is 0 Å². The highest BCUT2D eigenvalue weighted by Gasteiger charge is 2.19. The fourth-order valence-corrected chi connectivity index (χ4v) is 1.43. The van der Waals surface area contributed by atoms with Gasteiger partial charge in [-0.25, -0.2) is 0 Å². The monoisotopic (exact) mass is 171 g/mol. The van der Waals surface area contributed by atoms with Crippen molar-refractivity contribution >= 4 is 6.29 Å². The first-order valence-electron chi connectivity index (χ1n) is 4.83. The summed E-state index contributed by atoms with van der Waals surface area (Å²) >= 11 is 0. The van der Waals surface area contributed by atoms with Gasteiger partial charge < -0.3 is 10.1 Å². The molecule has 0 fully saturated rings. The van der Waals surface area contributed by atoms with E-state index in [0.717, 1.165) is 12.8 Å². The number of carbonyl (C=O) groups is 1. The molecule has 0 aromatic heterocycles. The van der Waals surface area contributed by atoms with E-state index in [-0.39, 0.29) is 0 Å². The third-order valence-corrected chi connectivity index (χ3v) is 2.49.